The van der Waals surface area contributed by atoms with E-state index in [1.165, 1.54) is 4.31 Å². The minimum atomic E-state index is -3.72. The second-order valence-electron chi connectivity index (χ2n) is 7.63. The summed E-state index contributed by atoms with van der Waals surface area (Å²) in [5.74, 6) is 0.282. The molecule has 2 aromatic heterocycles. The average molecular weight is 475 g/mol. The average Bonchev–Trinajstić information content (AvgIpc) is 3.30. The zero-order valence-corrected chi connectivity index (χ0v) is 19.7. The van der Waals surface area contributed by atoms with Crippen LogP contribution in [0, 0.1) is 6.92 Å². The number of hydrogen-bond acceptors (Lipinski definition) is 7. The topological polar surface area (TPSA) is 95.8 Å². The third-order valence-corrected chi connectivity index (χ3v) is 8.18. The van der Waals surface area contributed by atoms with E-state index in [0.29, 0.717) is 39.7 Å². The Morgan fingerprint density at radius 2 is 2.10 bits per heavy atom. The van der Waals surface area contributed by atoms with Gasteiger partial charge in [-0.1, -0.05) is 16.8 Å². The summed E-state index contributed by atoms with van der Waals surface area (Å²) < 4.78 is 33.5. The van der Waals surface area contributed by atoms with Gasteiger partial charge in [-0.15, -0.1) is 11.3 Å². The number of halogens is 1. The molecule has 2 aromatic rings. The summed E-state index contributed by atoms with van der Waals surface area (Å²) in [7, 11) is -3.72. The first-order chi connectivity index (χ1) is 14.2. The Morgan fingerprint density at radius 3 is 2.63 bits per heavy atom. The van der Waals surface area contributed by atoms with Crippen LogP contribution in [0.2, 0.25) is 4.34 Å². The van der Waals surface area contributed by atoms with Crippen molar-refractivity contribution in [2.75, 3.05) is 29.7 Å². The van der Waals surface area contributed by atoms with Gasteiger partial charge in [-0.3, -0.25) is 4.79 Å². The monoisotopic (exact) mass is 474 g/mol. The van der Waals surface area contributed by atoms with Gasteiger partial charge in [0.2, 0.25) is 10.0 Å². The first kappa shape index (κ1) is 23.1. The molecule has 3 heterocycles. The number of amides is 1. The Kier molecular flexibility index (Phi) is 7.43. The smallest absolute Gasteiger partial charge is 0.261 e. The van der Waals surface area contributed by atoms with Gasteiger partial charge in [0, 0.05) is 37.8 Å². The molecule has 0 saturated carbocycles. The van der Waals surface area contributed by atoms with Gasteiger partial charge >= 0.3 is 0 Å². The van der Waals surface area contributed by atoms with Crippen molar-refractivity contribution in [1.29, 1.82) is 0 Å². The first-order valence-electron chi connectivity index (χ1n) is 9.90. The number of hydrogen-bond donors (Lipinski definition) is 1. The molecule has 1 N–H and O–H groups in total. The quantitative estimate of drug-likeness (QED) is 0.631. The summed E-state index contributed by atoms with van der Waals surface area (Å²) in [6, 6.07) is 5.12. The van der Waals surface area contributed by atoms with Gasteiger partial charge in [0.25, 0.3) is 5.91 Å². The lowest BCUT2D eigenvalue weighted by Gasteiger charge is -2.39. The molecule has 166 valence electrons. The highest BCUT2D eigenvalue weighted by Gasteiger charge is 2.35. The minimum absolute atomic E-state index is 0.00510. The van der Waals surface area contributed by atoms with Crippen LogP contribution in [0.3, 0.4) is 0 Å². The molecular formula is C19H27ClN4O4S2. The van der Waals surface area contributed by atoms with Gasteiger partial charge in [-0.2, -0.15) is 0 Å². The lowest BCUT2D eigenvalue weighted by molar-refractivity contribution is 0.0960. The van der Waals surface area contributed by atoms with Crippen LogP contribution in [0.1, 0.15) is 42.1 Å². The fourth-order valence-electron chi connectivity index (χ4n) is 3.57. The minimum Gasteiger partial charge on any atom is -0.360 e. The summed E-state index contributed by atoms with van der Waals surface area (Å²) in [5, 5.41) is 6.62. The number of thiophene rings is 1. The molecule has 1 aliphatic rings. The van der Waals surface area contributed by atoms with E-state index in [4.69, 9.17) is 16.1 Å². The number of aryl methyl sites for hydroxylation is 1. The van der Waals surface area contributed by atoms with Crippen LogP contribution in [0.4, 0.5) is 5.82 Å². The van der Waals surface area contributed by atoms with E-state index >= 15 is 0 Å². The summed E-state index contributed by atoms with van der Waals surface area (Å²) in [6.45, 7) is 7.64. The predicted octanol–water partition coefficient (Wildman–Crippen LogP) is 3.14. The van der Waals surface area contributed by atoms with Crippen LogP contribution in [0.5, 0.6) is 0 Å². The maximum absolute atomic E-state index is 13.2. The Hall–Kier alpha value is -1.62. The molecule has 1 saturated heterocycles. The zero-order valence-electron chi connectivity index (χ0n) is 17.3. The molecule has 1 aliphatic heterocycles. The molecule has 0 unspecified atom stereocenters. The number of nitrogens with one attached hydrogen (secondary N) is 1. The molecule has 1 amide bonds. The van der Waals surface area contributed by atoms with Crippen molar-refractivity contribution in [2.45, 2.75) is 45.7 Å². The van der Waals surface area contributed by atoms with Crippen LogP contribution < -0.4 is 9.62 Å². The maximum atomic E-state index is 13.2. The van der Waals surface area contributed by atoms with Gasteiger partial charge in [0.15, 0.2) is 5.82 Å². The third kappa shape index (κ3) is 5.54. The molecule has 8 nitrogen and oxygen atoms in total. The molecule has 1 fully saturated rings. The summed E-state index contributed by atoms with van der Waals surface area (Å²) in [5.41, 5.74) is 0. The number of nitrogens with zero attached hydrogens (tertiary/aromatic N) is 3. The number of carbonyl (C=O) groups excluding carboxylic acids is 1. The van der Waals surface area contributed by atoms with E-state index in [-0.39, 0.29) is 24.2 Å². The number of anilines is 1. The fourth-order valence-corrected chi connectivity index (χ4v) is 6.12. The van der Waals surface area contributed by atoms with Crippen LogP contribution >= 0.6 is 22.9 Å². The van der Waals surface area contributed by atoms with Crippen molar-refractivity contribution >= 4 is 44.7 Å². The molecule has 0 radical (unpaired) electrons. The summed E-state index contributed by atoms with van der Waals surface area (Å²) >= 11 is 7.01. The predicted molar refractivity (Wildman–Crippen MR) is 119 cm³/mol. The molecular weight excluding hydrogens is 448 g/mol. The Bertz CT molecular complexity index is 965. The fraction of sp³-hybridized carbons (Fsp3) is 0.579. The molecule has 0 aromatic carbocycles. The van der Waals surface area contributed by atoms with Crippen LogP contribution in [-0.2, 0) is 10.0 Å². The van der Waals surface area contributed by atoms with Crippen molar-refractivity contribution in [1.82, 2.24) is 15.4 Å². The van der Waals surface area contributed by atoms with E-state index in [1.54, 1.807) is 25.1 Å². The largest absolute Gasteiger partial charge is 0.360 e. The maximum Gasteiger partial charge on any atom is 0.261 e. The third-order valence-electron chi connectivity index (χ3n) is 5.14. The van der Waals surface area contributed by atoms with Crippen molar-refractivity contribution < 1.29 is 17.7 Å². The van der Waals surface area contributed by atoms with E-state index in [9.17, 15) is 13.2 Å². The highest BCUT2D eigenvalue weighted by Crippen LogP contribution is 2.27. The first-order valence-corrected chi connectivity index (χ1v) is 12.7. The van der Waals surface area contributed by atoms with Crippen LogP contribution in [0.25, 0.3) is 0 Å². The van der Waals surface area contributed by atoms with Gasteiger partial charge in [0.1, 0.15) is 5.76 Å². The number of likely N-dealkylation sites (tertiary alicyclic amines) is 1. The van der Waals surface area contributed by atoms with Crippen molar-refractivity contribution in [3.8, 4) is 0 Å². The molecule has 0 aliphatic carbocycles. The van der Waals surface area contributed by atoms with Gasteiger partial charge in [-0.05, 0) is 45.7 Å². The lowest BCUT2D eigenvalue weighted by atomic mass is 10.0. The van der Waals surface area contributed by atoms with Crippen molar-refractivity contribution in [3.63, 3.8) is 0 Å². The number of aromatic nitrogens is 1. The van der Waals surface area contributed by atoms with Crippen molar-refractivity contribution in [3.05, 3.63) is 33.2 Å². The molecule has 30 heavy (non-hydrogen) atoms. The number of rotatable bonds is 8. The standard InChI is InChI=1S/C19H27ClN4O4S2/c1-13(2)23-9-6-15(7-10-23)24(18-12-14(3)28-22-18)30(26,27)11-8-21-19(25)16-4-5-17(20)29-16/h4-5,12-13,15H,6-11H2,1-3H3,(H,21,25). The Morgan fingerprint density at radius 1 is 1.40 bits per heavy atom. The van der Waals surface area contributed by atoms with Gasteiger partial charge < -0.3 is 14.7 Å². The van der Waals surface area contributed by atoms with Crippen molar-refractivity contribution in [2.24, 2.45) is 0 Å². The normalized spacial score (nSPS) is 16.2. The SMILES string of the molecule is Cc1cc(N(C2CCN(C(C)C)CC2)S(=O)(=O)CCNC(=O)c2ccc(Cl)s2)no1. The van der Waals surface area contributed by atoms with E-state index in [2.05, 4.69) is 29.2 Å². The zero-order chi connectivity index (χ0) is 21.9. The highest BCUT2D eigenvalue weighted by molar-refractivity contribution is 7.92. The Labute approximate surface area is 186 Å². The van der Waals surface area contributed by atoms with Crippen LogP contribution in [0.15, 0.2) is 22.7 Å². The molecule has 0 spiro atoms. The number of carbonyl (C=O) groups is 1. The summed E-state index contributed by atoms with van der Waals surface area (Å²) in [4.78, 5) is 15.0. The van der Waals surface area contributed by atoms with Crippen LogP contribution in [-0.4, -0.2) is 61.9 Å². The molecule has 0 atom stereocenters. The van der Waals surface area contributed by atoms with E-state index in [1.807, 2.05) is 0 Å². The van der Waals surface area contributed by atoms with E-state index in [0.717, 1.165) is 24.4 Å². The van der Waals surface area contributed by atoms with E-state index < -0.39 is 10.0 Å². The van der Waals surface area contributed by atoms with Gasteiger partial charge in [-0.25, -0.2) is 12.7 Å². The number of piperidine rings is 1. The highest BCUT2D eigenvalue weighted by atomic mass is 35.5. The molecule has 3 rings (SSSR count). The molecule has 11 heteroatoms. The lowest BCUT2D eigenvalue weighted by Crippen LogP contribution is -2.50. The number of sulfonamides is 1. The second-order valence-corrected chi connectivity index (χ2v) is 11.3. The summed E-state index contributed by atoms with van der Waals surface area (Å²) in [6.07, 6.45) is 1.42. The second kappa shape index (κ2) is 9.67. The molecule has 0 bridgehead atoms. The Balaban J connectivity index is 1.69. The van der Waals surface area contributed by atoms with Gasteiger partial charge in [0.05, 0.1) is 15.0 Å².